The number of carbonyl (C=O) groups is 5. The molecule has 81 heavy (non-hydrogen) atoms. The number of anilines is 2. The van der Waals surface area contributed by atoms with Gasteiger partial charge in [-0.05, 0) is 85.4 Å². The van der Waals surface area contributed by atoms with E-state index in [4.69, 9.17) is 15.1 Å². The van der Waals surface area contributed by atoms with Gasteiger partial charge in [0, 0.05) is 84.5 Å². The molecule has 9 atom stereocenters. The Bertz CT molecular complexity index is 2760. The maximum absolute atomic E-state index is 13.4. The fourth-order valence-electron chi connectivity index (χ4n) is 8.85. The molecule has 2 aliphatic rings. The second-order valence-corrected chi connectivity index (χ2v) is 22.8. The van der Waals surface area contributed by atoms with Crippen LogP contribution in [0.4, 0.5) is 11.4 Å². The van der Waals surface area contributed by atoms with Crippen LogP contribution in [0.3, 0.4) is 0 Å². The van der Waals surface area contributed by atoms with Gasteiger partial charge < -0.3 is 76.8 Å². The molecule has 1 saturated heterocycles. The number of fused-ring (bicyclic) bond motifs is 1. The summed E-state index contributed by atoms with van der Waals surface area (Å²) in [5, 5.41) is 106. The summed E-state index contributed by atoms with van der Waals surface area (Å²) in [4.78, 5) is 70.2. The van der Waals surface area contributed by atoms with E-state index < -0.39 is 131 Å². The van der Waals surface area contributed by atoms with E-state index in [1.54, 1.807) is 60.7 Å². The third-order valence-electron chi connectivity index (χ3n) is 14.3. The number of carbonyl (C=O) groups excluding carboxylic acids is 5. The lowest BCUT2D eigenvalue weighted by Crippen LogP contribution is -2.49. The molecule has 1 unspecified atom stereocenters. The van der Waals surface area contributed by atoms with Crippen LogP contribution in [0.2, 0.25) is 0 Å². The van der Waals surface area contributed by atoms with Crippen LogP contribution < -0.4 is 20.9 Å². The number of unbranched alkanes of at least 4 members (excludes halogenated alkanes) is 2. The van der Waals surface area contributed by atoms with Crippen LogP contribution in [0.1, 0.15) is 111 Å². The smallest absolute Gasteiger partial charge is 0.333 e. The lowest BCUT2D eigenvalue weighted by atomic mass is 9.76. The number of hydroxylamine groups is 2. The predicted octanol–water partition coefficient (Wildman–Crippen LogP) is 0.448. The zero-order chi connectivity index (χ0) is 60.6. The van der Waals surface area contributed by atoms with Crippen molar-refractivity contribution in [3.63, 3.8) is 0 Å². The largest absolute Gasteiger partial charge is 0.394 e. The van der Waals surface area contributed by atoms with Gasteiger partial charge in [0.25, 0.3) is 33.7 Å². The van der Waals surface area contributed by atoms with E-state index in [-0.39, 0.29) is 43.4 Å². The third kappa shape index (κ3) is 18.1. The Morgan fingerprint density at radius 3 is 1.83 bits per heavy atom. The Morgan fingerprint density at radius 1 is 0.753 bits per heavy atom. The maximum Gasteiger partial charge on any atom is 0.333 e. The average Bonchev–Trinajstić information content (AvgIpc) is 4.12. The molecule has 0 aliphatic carbocycles. The minimum Gasteiger partial charge on any atom is -0.394 e. The molecule has 2 aromatic rings. The number of allylic oxidation sites excluding steroid dienone is 9. The average molecular weight is 1160 g/mol. The molecular formula is C56H79N5O19S. The summed E-state index contributed by atoms with van der Waals surface area (Å²) >= 11 is 0. The van der Waals surface area contributed by atoms with Gasteiger partial charge in [-0.2, -0.15) is 8.42 Å². The fraction of sp³-hybridized carbons (Fsp3) is 0.518. The lowest BCUT2D eigenvalue weighted by molar-refractivity contribution is -0.197. The summed E-state index contributed by atoms with van der Waals surface area (Å²) in [6, 6.07) is 9.73. The number of aliphatic hydroxyl groups is 10. The number of rotatable bonds is 32. The molecule has 14 N–H and O–H groups in total. The number of aliphatic hydroxyl groups excluding tert-OH is 10. The fourth-order valence-corrected chi connectivity index (χ4v) is 9.27. The highest BCUT2D eigenvalue weighted by molar-refractivity contribution is 7.86. The predicted molar refractivity (Wildman–Crippen MR) is 298 cm³/mol. The summed E-state index contributed by atoms with van der Waals surface area (Å²) < 4.78 is 32.9. The molecule has 0 spiro atoms. The van der Waals surface area contributed by atoms with E-state index in [0.717, 1.165) is 16.9 Å². The van der Waals surface area contributed by atoms with Gasteiger partial charge in [-0.15, -0.1) is 5.06 Å². The molecule has 0 bridgehead atoms. The summed E-state index contributed by atoms with van der Waals surface area (Å²) in [5.74, 6) is -3.11. The normalized spacial score (nSPS) is 18.6. The van der Waals surface area contributed by atoms with E-state index in [1.165, 1.54) is 13.0 Å². The number of amides is 4. The Morgan fingerprint density at radius 2 is 1.27 bits per heavy atom. The van der Waals surface area contributed by atoms with Crippen molar-refractivity contribution < 1.29 is 92.8 Å². The first kappa shape index (κ1) is 67.3. The van der Waals surface area contributed by atoms with E-state index >= 15 is 0 Å². The molecule has 448 valence electrons. The second-order valence-electron chi connectivity index (χ2n) is 21.0. The zero-order valence-electron chi connectivity index (χ0n) is 46.1. The van der Waals surface area contributed by atoms with Crippen LogP contribution in [-0.4, -0.2) is 192 Å². The minimum atomic E-state index is -4.31. The Balaban J connectivity index is 1.54. The summed E-state index contributed by atoms with van der Waals surface area (Å²) in [6.45, 7) is 11.1. The van der Waals surface area contributed by atoms with E-state index in [2.05, 4.69) is 27.4 Å². The molecule has 2 heterocycles. The first-order valence-electron chi connectivity index (χ1n) is 26.5. The highest BCUT2D eigenvalue weighted by Gasteiger charge is 2.41. The summed E-state index contributed by atoms with van der Waals surface area (Å²) in [5.41, 5.74) is 2.83. The number of nitrogens with zero attached hydrogens (tertiary/aromatic N) is 2. The number of hydrogen-bond acceptors (Lipinski definition) is 20. The lowest BCUT2D eigenvalue weighted by Gasteiger charge is -2.30. The van der Waals surface area contributed by atoms with Crippen molar-refractivity contribution >= 4 is 51.1 Å². The molecule has 2 aliphatic heterocycles. The van der Waals surface area contributed by atoms with Gasteiger partial charge in [0.2, 0.25) is 0 Å². The molecule has 24 nitrogen and oxygen atoms in total. The van der Waals surface area contributed by atoms with Gasteiger partial charge in [0.15, 0.2) is 0 Å². The Labute approximate surface area is 471 Å². The van der Waals surface area contributed by atoms with Crippen LogP contribution in [0.15, 0.2) is 96.8 Å². The molecule has 0 aromatic heterocycles. The highest BCUT2D eigenvalue weighted by Crippen LogP contribution is 2.48. The van der Waals surface area contributed by atoms with E-state index in [0.29, 0.717) is 47.7 Å². The quantitative estimate of drug-likeness (QED) is 0.0205. The van der Waals surface area contributed by atoms with E-state index in [9.17, 15) is 77.8 Å². The highest BCUT2D eigenvalue weighted by atomic mass is 32.2. The zero-order valence-corrected chi connectivity index (χ0v) is 46.9. The standard InChI is InChI=1S/C56H79N5O19S/c1-33(55(3,4)37-27-35(18-20-39(37)57-25-24-34(2)81(77,78)79)53(75)58-29-41(64)49(71)51(73)43(66)31-62)15-11-8-7-9-12-16-45-56(5,6)38-28-36(54(76)59-30-42(65)50(72)52(74)44(67)32-63)19-21-40(38)60(45)26-14-10-13-17-48(70)80-61-46(68)22-23-47(61)69/h7-9,11-12,15-16,18-21,27-28,34,41-44,49-52,57,62-67,71-74H,1,10,13-14,17,22-26,29-32H2,2-6H3,(H,58,75)(H,59,76)(H,77,78,79)/b8-7+,12-9+,15-11+,45-16+/t34?,41-,42-,43+,44+,49+,50+,51+,52+/m0/s1. The van der Waals surface area contributed by atoms with Gasteiger partial charge in [0.1, 0.15) is 36.6 Å². The van der Waals surface area contributed by atoms with Crippen molar-refractivity contribution in [1.29, 1.82) is 0 Å². The van der Waals surface area contributed by atoms with Crippen molar-refractivity contribution in [2.24, 2.45) is 0 Å². The first-order chi connectivity index (χ1) is 38.0. The van der Waals surface area contributed by atoms with Gasteiger partial charge in [0.05, 0.1) is 30.7 Å². The molecule has 1 fully saturated rings. The molecular weight excluding hydrogens is 1080 g/mol. The van der Waals surface area contributed by atoms with Gasteiger partial charge in [-0.1, -0.05) is 77.2 Å². The van der Waals surface area contributed by atoms with Crippen LogP contribution in [0.25, 0.3) is 0 Å². The Kier molecular flexibility index (Phi) is 25.1. The molecule has 0 radical (unpaired) electrons. The Hall–Kier alpha value is -6.20. The first-order valence-corrected chi connectivity index (χ1v) is 28.0. The SMILES string of the molecule is C=C(/C=C/C=C/C=C/C=C1/N(CCCCCC(=O)ON2C(=O)CCC2=O)c2ccc(C(=O)NC[C@H](O)[C@@H](O)[C@H](O)[C@H](O)CO)cc2C1(C)C)C(C)(C)c1cc(C(=O)NC[C@H](O)[C@@H](O)[C@H](O)[C@H](O)CO)ccc1NCCC(C)S(=O)(=O)O. The summed E-state index contributed by atoms with van der Waals surface area (Å²) in [7, 11) is -4.31. The number of benzene rings is 2. The molecule has 2 aromatic carbocycles. The van der Waals surface area contributed by atoms with Crippen molar-refractivity contribution in [2.75, 3.05) is 49.6 Å². The van der Waals surface area contributed by atoms with Crippen LogP contribution in [-0.2, 0) is 40.2 Å². The van der Waals surface area contributed by atoms with Gasteiger partial charge >= 0.3 is 5.97 Å². The monoisotopic (exact) mass is 1160 g/mol. The third-order valence-corrected chi connectivity index (χ3v) is 15.6. The van der Waals surface area contributed by atoms with E-state index in [1.807, 2.05) is 39.8 Å². The molecule has 0 saturated carbocycles. The number of imide groups is 1. The molecule has 25 heteroatoms. The maximum atomic E-state index is 13.4. The topological polar surface area (TPSA) is 394 Å². The minimum absolute atomic E-state index is 0.0192. The van der Waals surface area contributed by atoms with Crippen LogP contribution in [0.5, 0.6) is 0 Å². The van der Waals surface area contributed by atoms with Crippen molar-refractivity contribution in [3.8, 4) is 0 Å². The molecule has 4 amide bonds. The number of nitrogens with one attached hydrogen (secondary N) is 3. The van der Waals surface area contributed by atoms with Crippen LogP contribution >= 0.6 is 0 Å². The second kappa shape index (κ2) is 30.2. The number of hydrogen-bond donors (Lipinski definition) is 14. The van der Waals surface area contributed by atoms with Gasteiger partial charge in [-0.25, -0.2) is 4.79 Å². The van der Waals surface area contributed by atoms with Crippen molar-refractivity contribution in [2.45, 2.75) is 144 Å². The van der Waals surface area contributed by atoms with Gasteiger partial charge in [-0.3, -0.25) is 23.7 Å². The van der Waals surface area contributed by atoms with Crippen LogP contribution in [0, 0.1) is 0 Å². The van der Waals surface area contributed by atoms with Crippen molar-refractivity contribution in [3.05, 3.63) is 119 Å². The molecule has 4 rings (SSSR count). The summed E-state index contributed by atoms with van der Waals surface area (Å²) in [6.07, 6.45) is -0.264. The van der Waals surface area contributed by atoms with Crippen molar-refractivity contribution in [1.82, 2.24) is 15.7 Å².